The van der Waals surface area contributed by atoms with E-state index in [1.165, 1.54) is 108 Å². The molecule has 0 amide bonds. The van der Waals surface area contributed by atoms with E-state index >= 15 is 0 Å². The lowest BCUT2D eigenvalue weighted by molar-refractivity contribution is 1.18. The Hall–Kier alpha value is -6.94. The van der Waals surface area contributed by atoms with Gasteiger partial charge in [-0.15, -0.1) is 0 Å². The molecule has 268 valence electrons. The molecule has 0 bridgehead atoms. The minimum absolute atomic E-state index is 1.18. The van der Waals surface area contributed by atoms with Crippen LogP contribution < -0.4 is 20.7 Å². The lowest BCUT2D eigenvalue weighted by Crippen LogP contribution is -2.74. The number of aryl methyl sites for hydroxylation is 2. The third-order valence-corrected chi connectivity index (χ3v) is 17.5. The van der Waals surface area contributed by atoms with Gasteiger partial charge in [0.25, 0.3) is 0 Å². The summed E-state index contributed by atoms with van der Waals surface area (Å²) in [6, 6.07) is 73.7. The molecular formula is C54H38N2Si. The predicted octanol–water partition coefficient (Wildman–Crippen LogP) is 11.1. The van der Waals surface area contributed by atoms with Crippen molar-refractivity contribution in [2.45, 2.75) is 13.8 Å². The number of benzene rings is 10. The van der Waals surface area contributed by atoms with Crippen LogP contribution in [0.4, 0.5) is 0 Å². The first-order valence-electron chi connectivity index (χ1n) is 19.9. The van der Waals surface area contributed by atoms with Crippen LogP contribution in [0.3, 0.4) is 0 Å². The summed E-state index contributed by atoms with van der Waals surface area (Å²) >= 11 is 0. The molecule has 0 unspecified atom stereocenters. The fraction of sp³-hybridized carbons (Fsp3) is 0.0370. The van der Waals surface area contributed by atoms with Crippen molar-refractivity contribution in [3.63, 3.8) is 0 Å². The second kappa shape index (κ2) is 12.0. The smallest absolute Gasteiger partial charge is 0.179 e. The number of aromatic nitrogens is 2. The Bertz CT molecular complexity index is 3070. The third kappa shape index (κ3) is 4.52. The first-order valence-corrected chi connectivity index (χ1v) is 21.9. The Morgan fingerprint density at radius 3 is 0.825 bits per heavy atom. The van der Waals surface area contributed by atoms with Gasteiger partial charge in [0.15, 0.2) is 8.07 Å². The average molecular weight is 743 g/mol. The Kier molecular flexibility index (Phi) is 6.82. The van der Waals surface area contributed by atoms with Gasteiger partial charge in [0.05, 0.1) is 22.1 Å². The van der Waals surface area contributed by atoms with Crippen molar-refractivity contribution in [3.8, 4) is 11.4 Å². The van der Waals surface area contributed by atoms with Gasteiger partial charge in [0.1, 0.15) is 0 Å². The zero-order valence-corrected chi connectivity index (χ0v) is 32.9. The molecule has 3 heteroatoms. The maximum atomic E-state index is 2.46. The summed E-state index contributed by atoms with van der Waals surface area (Å²) in [5.74, 6) is 0. The third-order valence-electron chi connectivity index (χ3n) is 12.7. The molecule has 10 aromatic carbocycles. The van der Waals surface area contributed by atoms with Gasteiger partial charge in [-0.3, -0.25) is 0 Å². The van der Waals surface area contributed by atoms with Crippen molar-refractivity contribution in [3.05, 3.63) is 205 Å². The summed E-state index contributed by atoms with van der Waals surface area (Å²) in [6.07, 6.45) is 0. The SMILES string of the molecule is Cc1ccc([Si](c2ccc(C)cc2)(c2ccc(-n3c4cccc5ccc6cccc3c6c54)cc2)c2ccc(-n3c4cccc5ccc6cccc3c6c54)cc2)cc1. The van der Waals surface area contributed by atoms with E-state index < -0.39 is 8.07 Å². The average Bonchev–Trinajstić information content (AvgIpc) is 3.79. The summed E-state index contributed by atoms with van der Waals surface area (Å²) < 4.78 is 4.92. The molecule has 0 aliphatic rings. The molecule has 0 atom stereocenters. The van der Waals surface area contributed by atoms with Gasteiger partial charge >= 0.3 is 0 Å². The van der Waals surface area contributed by atoms with Crippen molar-refractivity contribution in [2.24, 2.45) is 0 Å². The number of rotatable bonds is 6. The lowest BCUT2D eigenvalue weighted by Gasteiger charge is -2.35. The number of nitrogens with zero attached hydrogens (tertiary/aromatic N) is 2. The van der Waals surface area contributed by atoms with Crippen LogP contribution in [-0.2, 0) is 0 Å². The highest BCUT2D eigenvalue weighted by Gasteiger charge is 2.41. The second-order valence-corrected chi connectivity index (χ2v) is 19.7. The molecule has 57 heavy (non-hydrogen) atoms. The zero-order chi connectivity index (χ0) is 37.8. The van der Waals surface area contributed by atoms with Gasteiger partial charge in [-0.2, -0.15) is 0 Å². The van der Waals surface area contributed by atoms with E-state index in [-0.39, 0.29) is 0 Å². The van der Waals surface area contributed by atoms with E-state index in [1.54, 1.807) is 0 Å². The minimum atomic E-state index is -2.83. The first kappa shape index (κ1) is 32.3. The van der Waals surface area contributed by atoms with Crippen molar-refractivity contribution in [1.29, 1.82) is 0 Å². The van der Waals surface area contributed by atoms with E-state index in [2.05, 4.69) is 217 Å². The molecule has 0 fully saturated rings. The Balaban J connectivity index is 1.09. The van der Waals surface area contributed by atoms with Crippen LogP contribution in [0.1, 0.15) is 11.1 Å². The van der Waals surface area contributed by atoms with Crippen LogP contribution in [0.25, 0.3) is 76.5 Å². The number of hydrogen-bond acceptors (Lipinski definition) is 0. The highest BCUT2D eigenvalue weighted by molar-refractivity contribution is 7.19. The second-order valence-electron chi connectivity index (χ2n) is 15.9. The van der Waals surface area contributed by atoms with Gasteiger partial charge in [-0.25, -0.2) is 0 Å². The van der Waals surface area contributed by atoms with Gasteiger partial charge < -0.3 is 9.13 Å². The molecule has 0 saturated heterocycles. The van der Waals surface area contributed by atoms with Crippen LogP contribution in [0.5, 0.6) is 0 Å². The molecule has 2 aromatic heterocycles. The minimum Gasteiger partial charge on any atom is -0.309 e. The van der Waals surface area contributed by atoms with Gasteiger partial charge in [-0.1, -0.05) is 157 Å². The molecule has 2 nitrogen and oxygen atoms in total. The molecule has 12 aromatic rings. The maximum absolute atomic E-state index is 2.83. The molecule has 0 N–H and O–H groups in total. The summed E-state index contributed by atoms with van der Waals surface area (Å²) in [5.41, 5.74) is 9.89. The summed E-state index contributed by atoms with van der Waals surface area (Å²) in [7, 11) is -2.83. The van der Waals surface area contributed by atoms with Gasteiger partial charge in [0, 0.05) is 32.9 Å². The zero-order valence-electron chi connectivity index (χ0n) is 31.9. The normalized spacial score (nSPS) is 12.4. The molecule has 12 rings (SSSR count). The molecule has 0 saturated carbocycles. The Morgan fingerprint density at radius 1 is 0.281 bits per heavy atom. The monoisotopic (exact) mass is 742 g/mol. The van der Waals surface area contributed by atoms with Gasteiger partial charge in [-0.05, 0) is 105 Å². The van der Waals surface area contributed by atoms with Crippen molar-refractivity contribution in [2.75, 3.05) is 0 Å². The largest absolute Gasteiger partial charge is 0.309 e. The van der Waals surface area contributed by atoms with E-state index in [4.69, 9.17) is 0 Å². The maximum Gasteiger partial charge on any atom is 0.179 e. The van der Waals surface area contributed by atoms with Crippen molar-refractivity contribution >= 4 is 94.0 Å². The fourth-order valence-electron chi connectivity index (χ4n) is 10.1. The quantitative estimate of drug-likeness (QED) is 0.0912. The van der Waals surface area contributed by atoms with Crippen LogP contribution in [0, 0.1) is 13.8 Å². The Morgan fingerprint density at radius 2 is 0.544 bits per heavy atom. The molecule has 0 radical (unpaired) electrons. The molecule has 2 heterocycles. The highest BCUT2D eigenvalue weighted by Crippen LogP contribution is 2.40. The summed E-state index contributed by atoms with van der Waals surface area (Å²) in [4.78, 5) is 0. The first-order chi connectivity index (χ1) is 28.1. The lowest BCUT2D eigenvalue weighted by atomic mass is 10.0. The molecule has 0 aliphatic carbocycles. The standard InChI is InChI=1S/C54H38N2Si/c1-35-15-27-43(28-16-35)57(44-29-17-36(2)18-30-44,45-31-23-41(24-32-45)55-47-11-3-7-37-19-20-38-8-4-12-48(55)52(38)51(37)47)46-33-25-42(26-34-46)56-49-13-5-9-39-21-22-40-10-6-14-50(56)54(40)53(39)49/h3-34H,1-2H3. The van der Waals surface area contributed by atoms with Crippen LogP contribution in [0.2, 0.25) is 0 Å². The van der Waals surface area contributed by atoms with Crippen LogP contribution >= 0.6 is 0 Å². The van der Waals surface area contributed by atoms with Crippen LogP contribution in [0.15, 0.2) is 194 Å². The van der Waals surface area contributed by atoms with E-state index in [1.807, 2.05) is 0 Å². The van der Waals surface area contributed by atoms with Crippen LogP contribution in [-0.4, -0.2) is 17.2 Å². The fourth-order valence-corrected chi connectivity index (χ4v) is 14.8. The number of hydrogen-bond donors (Lipinski definition) is 0. The summed E-state index contributed by atoms with van der Waals surface area (Å²) in [6.45, 7) is 4.37. The molecule has 0 spiro atoms. The van der Waals surface area contributed by atoms with Crippen molar-refractivity contribution in [1.82, 2.24) is 9.13 Å². The highest BCUT2D eigenvalue weighted by atomic mass is 28.3. The van der Waals surface area contributed by atoms with E-state index in [9.17, 15) is 0 Å². The van der Waals surface area contributed by atoms with E-state index in [0.717, 1.165) is 0 Å². The predicted molar refractivity (Wildman–Crippen MR) is 246 cm³/mol. The molecule has 0 aliphatic heterocycles. The summed E-state index contributed by atoms with van der Waals surface area (Å²) in [5, 5.41) is 16.0. The topological polar surface area (TPSA) is 9.86 Å². The van der Waals surface area contributed by atoms with E-state index in [0.29, 0.717) is 0 Å². The Labute approximate surface area is 332 Å². The molecular weight excluding hydrogens is 705 g/mol. The van der Waals surface area contributed by atoms with Gasteiger partial charge in [0.2, 0.25) is 0 Å². The van der Waals surface area contributed by atoms with Crippen molar-refractivity contribution < 1.29 is 0 Å².